The van der Waals surface area contributed by atoms with E-state index in [0.29, 0.717) is 17.3 Å². The van der Waals surface area contributed by atoms with E-state index in [0.717, 1.165) is 6.54 Å². The number of hydrogen-bond acceptors (Lipinski definition) is 4. The molecule has 21 heavy (non-hydrogen) atoms. The lowest BCUT2D eigenvalue weighted by Crippen LogP contribution is -3.00. The molecule has 3 N–H and O–H groups in total. The molecule has 0 aliphatic rings. The van der Waals surface area contributed by atoms with Crippen LogP contribution in [0.15, 0.2) is 30.9 Å². The van der Waals surface area contributed by atoms with E-state index in [9.17, 15) is 10.1 Å². The number of aromatic nitrogens is 2. The van der Waals surface area contributed by atoms with Crippen LogP contribution in [0.2, 0.25) is 5.02 Å². The number of nitro benzene ring substituents is 1. The SMILES string of the molecule is C[n+]1ccn(CCNc2cc([N+](=O)[O-])c(N)cc2Cl)c1.[Br-]. The van der Waals surface area contributed by atoms with Gasteiger partial charge in [-0.1, -0.05) is 11.6 Å². The number of nitrogens with two attached hydrogens (primary N) is 1. The molecule has 2 rings (SSSR count). The van der Waals surface area contributed by atoms with Crippen molar-refractivity contribution in [2.45, 2.75) is 6.54 Å². The number of hydrogen-bond donors (Lipinski definition) is 2. The van der Waals surface area contributed by atoms with Gasteiger partial charge in [0.15, 0.2) is 0 Å². The van der Waals surface area contributed by atoms with E-state index in [1.807, 2.05) is 34.9 Å². The number of nitrogens with one attached hydrogen (secondary N) is 1. The van der Waals surface area contributed by atoms with Crippen molar-refractivity contribution in [2.24, 2.45) is 7.05 Å². The van der Waals surface area contributed by atoms with Gasteiger partial charge in [-0.3, -0.25) is 10.1 Å². The van der Waals surface area contributed by atoms with E-state index >= 15 is 0 Å². The van der Waals surface area contributed by atoms with Crippen molar-refractivity contribution in [1.29, 1.82) is 0 Å². The van der Waals surface area contributed by atoms with E-state index in [2.05, 4.69) is 5.32 Å². The Morgan fingerprint density at radius 3 is 2.81 bits per heavy atom. The second-order valence-electron chi connectivity index (χ2n) is 4.39. The molecule has 1 aromatic carbocycles. The second kappa shape index (κ2) is 7.28. The van der Waals surface area contributed by atoms with Crippen molar-refractivity contribution < 1.29 is 26.5 Å². The molecule has 114 valence electrons. The molecule has 1 aromatic heterocycles. The van der Waals surface area contributed by atoms with Crippen LogP contribution in [-0.4, -0.2) is 16.0 Å². The van der Waals surface area contributed by atoms with Gasteiger partial charge in [0.2, 0.25) is 6.33 Å². The summed E-state index contributed by atoms with van der Waals surface area (Å²) in [6.07, 6.45) is 5.81. The molecule has 0 fully saturated rings. The molecular formula is C12H15BrClN5O2. The Kier molecular flexibility index (Phi) is 5.98. The third kappa shape index (κ3) is 4.33. The molecule has 1 heterocycles. The average molecular weight is 377 g/mol. The topological polar surface area (TPSA) is 90.0 Å². The van der Waals surface area contributed by atoms with Crippen LogP contribution in [0.4, 0.5) is 17.1 Å². The van der Waals surface area contributed by atoms with Crippen LogP contribution >= 0.6 is 11.6 Å². The fourth-order valence-electron chi connectivity index (χ4n) is 1.82. The Morgan fingerprint density at radius 2 is 2.24 bits per heavy atom. The van der Waals surface area contributed by atoms with Gasteiger partial charge in [0, 0.05) is 6.07 Å². The maximum absolute atomic E-state index is 10.8. The number of halogens is 2. The standard InChI is InChI=1S/C12H15ClN5O2.BrH/c1-16-4-5-17(8-16)3-2-15-11-7-12(18(19)20)10(14)6-9(11)13;/h4-8,15H,2-3,14H2,1H3;1H/q+1;/p-1. The van der Waals surface area contributed by atoms with E-state index < -0.39 is 4.92 Å². The Bertz CT molecular complexity index is 647. The molecule has 7 nitrogen and oxygen atoms in total. The first-order chi connectivity index (χ1) is 9.47. The first-order valence-corrected chi connectivity index (χ1v) is 6.33. The van der Waals surface area contributed by atoms with Gasteiger partial charge in [-0.15, -0.1) is 0 Å². The maximum Gasteiger partial charge on any atom is 0.294 e. The number of anilines is 2. The molecular weight excluding hydrogens is 362 g/mol. The first-order valence-electron chi connectivity index (χ1n) is 5.95. The summed E-state index contributed by atoms with van der Waals surface area (Å²) in [6, 6.07) is 2.74. The number of aryl methyl sites for hydroxylation is 1. The summed E-state index contributed by atoms with van der Waals surface area (Å²) in [7, 11) is 1.93. The molecule has 0 aliphatic heterocycles. The third-order valence-corrected chi connectivity index (χ3v) is 3.13. The van der Waals surface area contributed by atoms with Gasteiger partial charge in [-0.25, -0.2) is 9.13 Å². The van der Waals surface area contributed by atoms with Crippen molar-refractivity contribution in [3.63, 3.8) is 0 Å². The van der Waals surface area contributed by atoms with Crippen molar-refractivity contribution in [1.82, 2.24) is 4.57 Å². The molecule has 0 saturated heterocycles. The van der Waals surface area contributed by atoms with Crippen LogP contribution in [0.5, 0.6) is 0 Å². The highest BCUT2D eigenvalue weighted by Crippen LogP contribution is 2.32. The smallest absolute Gasteiger partial charge is 0.294 e. The predicted octanol–water partition coefficient (Wildman–Crippen LogP) is -1.43. The molecule has 0 radical (unpaired) electrons. The highest BCUT2D eigenvalue weighted by Gasteiger charge is 2.15. The molecule has 0 bridgehead atoms. The third-order valence-electron chi connectivity index (χ3n) is 2.82. The van der Waals surface area contributed by atoms with E-state index in [1.54, 1.807) is 0 Å². The lowest BCUT2D eigenvalue weighted by atomic mass is 10.2. The molecule has 0 atom stereocenters. The van der Waals surface area contributed by atoms with Gasteiger partial charge in [0.25, 0.3) is 5.69 Å². The Hall–Kier alpha value is -1.80. The lowest BCUT2D eigenvalue weighted by molar-refractivity contribution is -0.671. The minimum absolute atomic E-state index is 0. The predicted molar refractivity (Wildman–Crippen MR) is 76.6 cm³/mol. The van der Waals surface area contributed by atoms with Crippen LogP contribution in [0.3, 0.4) is 0 Å². The summed E-state index contributed by atoms with van der Waals surface area (Å²) in [5.74, 6) is 0. The van der Waals surface area contributed by atoms with Gasteiger partial charge in [0.1, 0.15) is 24.6 Å². The van der Waals surface area contributed by atoms with Gasteiger partial charge in [-0.2, -0.15) is 0 Å². The molecule has 0 spiro atoms. The normalized spacial score (nSPS) is 10.0. The van der Waals surface area contributed by atoms with Gasteiger partial charge < -0.3 is 28.0 Å². The van der Waals surface area contributed by atoms with Gasteiger partial charge >= 0.3 is 0 Å². The average Bonchev–Trinajstić information content (AvgIpc) is 2.77. The number of nitrogen functional groups attached to an aromatic ring is 1. The molecule has 2 aromatic rings. The number of imidazole rings is 1. The van der Waals surface area contributed by atoms with Gasteiger partial charge in [0.05, 0.1) is 29.2 Å². The number of nitro groups is 1. The summed E-state index contributed by atoms with van der Waals surface area (Å²) < 4.78 is 3.92. The zero-order valence-electron chi connectivity index (χ0n) is 11.3. The fraction of sp³-hybridized carbons (Fsp3) is 0.250. The number of nitrogens with zero attached hydrogens (tertiary/aromatic N) is 3. The summed E-state index contributed by atoms with van der Waals surface area (Å²) >= 11 is 6.02. The van der Waals surface area contributed by atoms with E-state index in [1.165, 1.54) is 12.1 Å². The van der Waals surface area contributed by atoms with Crippen LogP contribution < -0.4 is 32.6 Å². The van der Waals surface area contributed by atoms with Crippen molar-refractivity contribution in [2.75, 3.05) is 17.6 Å². The summed E-state index contributed by atoms with van der Waals surface area (Å²) in [5, 5.41) is 14.3. The fourth-order valence-corrected chi connectivity index (χ4v) is 2.06. The molecule has 0 unspecified atom stereocenters. The molecule has 9 heteroatoms. The highest BCUT2D eigenvalue weighted by molar-refractivity contribution is 6.33. The largest absolute Gasteiger partial charge is 1.00 e. The molecule has 0 aliphatic carbocycles. The van der Waals surface area contributed by atoms with Crippen molar-refractivity contribution in [3.05, 3.63) is 46.0 Å². The summed E-state index contributed by atoms with van der Waals surface area (Å²) in [6.45, 7) is 1.31. The Balaban J connectivity index is 0.00000220. The second-order valence-corrected chi connectivity index (χ2v) is 4.80. The monoisotopic (exact) mass is 375 g/mol. The minimum atomic E-state index is -0.525. The van der Waals surface area contributed by atoms with Crippen molar-refractivity contribution >= 4 is 28.7 Å². The summed E-state index contributed by atoms with van der Waals surface area (Å²) in [5.41, 5.74) is 5.97. The van der Waals surface area contributed by atoms with E-state index in [-0.39, 0.29) is 28.4 Å². The first kappa shape index (κ1) is 17.3. The molecule has 0 amide bonds. The number of benzene rings is 1. The molecule has 0 saturated carbocycles. The lowest BCUT2D eigenvalue weighted by Gasteiger charge is -2.08. The van der Waals surface area contributed by atoms with Gasteiger partial charge in [-0.05, 0) is 6.07 Å². The Labute approximate surface area is 137 Å². The summed E-state index contributed by atoms with van der Waals surface area (Å²) in [4.78, 5) is 10.3. The minimum Gasteiger partial charge on any atom is -1.00 e. The quantitative estimate of drug-likeness (QED) is 0.290. The zero-order valence-corrected chi connectivity index (χ0v) is 13.6. The van der Waals surface area contributed by atoms with Crippen molar-refractivity contribution in [3.8, 4) is 0 Å². The van der Waals surface area contributed by atoms with Crippen LogP contribution in [0.1, 0.15) is 0 Å². The van der Waals surface area contributed by atoms with Crippen LogP contribution in [-0.2, 0) is 13.6 Å². The van der Waals surface area contributed by atoms with Crippen LogP contribution in [0.25, 0.3) is 0 Å². The maximum atomic E-state index is 10.8. The van der Waals surface area contributed by atoms with Crippen LogP contribution in [0, 0.1) is 10.1 Å². The van der Waals surface area contributed by atoms with E-state index in [4.69, 9.17) is 17.3 Å². The number of rotatable bonds is 5. The Morgan fingerprint density at radius 1 is 1.52 bits per heavy atom. The zero-order chi connectivity index (χ0) is 14.7. The highest BCUT2D eigenvalue weighted by atomic mass is 79.9.